The highest BCUT2D eigenvalue weighted by atomic mass is 16.7. The molecule has 0 bridgehead atoms. The molecule has 25 heavy (non-hydrogen) atoms. The number of fused-ring (bicyclic) bond motifs is 2. The van der Waals surface area contributed by atoms with Gasteiger partial charge in [-0.05, 0) is 30.2 Å². The van der Waals surface area contributed by atoms with E-state index in [0.29, 0.717) is 17.4 Å². The Morgan fingerprint density at radius 3 is 2.84 bits per heavy atom. The van der Waals surface area contributed by atoms with Gasteiger partial charge in [0.25, 0.3) is 5.69 Å². The highest BCUT2D eigenvalue weighted by molar-refractivity contribution is 5.89. The van der Waals surface area contributed by atoms with Crippen LogP contribution in [-0.4, -0.2) is 23.8 Å². The molecule has 8 heteroatoms. The Hall–Kier alpha value is -2.64. The van der Waals surface area contributed by atoms with Gasteiger partial charge < -0.3 is 9.47 Å². The molecule has 0 radical (unpaired) electrons. The standard InChI is InChI=1S/C17H19N3O5/c1-17-5-3-2-4-11(17)15(17)16(21)19-18-8-10-6-13-14(25-9-24-13)7-12(10)20(22)23/h6-8,11,15H,2-5,9H2,1H3,(H,19,21)/b18-8+. The normalized spacial score (nSPS) is 29.3. The van der Waals surface area contributed by atoms with Gasteiger partial charge in [0, 0.05) is 5.92 Å². The number of hydrogen-bond acceptors (Lipinski definition) is 6. The van der Waals surface area contributed by atoms with Crippen molar-refractivity contribution in [3.63, 3.8) is 0 Å². The van der Waals surface area contributed by atoms with E-state index in [9.17, 15) is 14.9 Å². The lowest BCUT2D eigenvalue weighted by Gasteiger charge is -2.15. The Balaban J connectivity index is 1.47. The van der Waals surface area contributed by atoms with Crippen LogP contribution in [0.25, 0.3) is 0 Å². The summed E-state index contributed by atoms with van der Waals surface area (Å²) in [6, 6.07) is 2.80. The van der Waals surface area contributed by atoms with E-state index in [2.05, 4.69) is 17.5 Å². The van der Waals surface area contributed by atoms with Gasteiger partial charge in [0.1, 0.15) is 0 Å². The summed E-state index contributed by atoms with van der Waals surface area (Å²) >= 11 is 0. The molecule has 1 aromatic rings. The van der Waals surface area contributed by atoms with Crippen LogP contribution < -0.4 is 14.9 Å². The van der Waals surface area contributed by atoms with E-state index < -0.39 is 4.92 Å². The number of amides is 1. The lowest BCUT2D eigenvalue weighted by Crippen LogP contribution is -2.22. The minimum atomic E-state index is -0.512. The number of hydrogen-bond donors (Lipinski definition) is 1. The summed E-state index contributed by atoms with van der Waals surface area (Å²) in [5.74, 6) is 1.10. The number of ether oxygens (including phenoxy) is 2. The van der Waals surface area contributed by atoms with Crippen LogP contribution in [-0.2, 0) is 4.79 Å². The number of nitro benzene ring substituents is 1. The smallest absolute Gasteiger partial charge is 0.282 e. The Kier molecular flexibility index (Phi) is 3.63. The third kappa shape index (κ3) is 2.61. The molecule has 2 aliphatic carbocycles. The monoisotopic (exact) mass is 345 g/mol. The number of carbonyl (C=O) groups is 1. The number of rotatable bonds is 4. The second kappa shape index (κ2) is 5.72. The van der Waals surface area contributed by atoms with E-state index in [-0.39, 0.29) is 35.3 Å². The van der Waals surface area contributed by atoms with Gasteiger partial charge >= 0.3 is 0 Å². The molecule has 4 rings (SSSR count). The molecular formula is C17H19N3O5. The zero-order chi connectivity index (χ0) is 17.6. The molecule has 1 aliphatic heterocycles. The Bertz CT molecular complexity index is 778. The van der Waals surface area contributed by atoms with Crippen LogP contribution >= 0.6 is 0 Å². The molecule has 3 atom stereocenters. The van der Waals surface area contributed by atoms with Crippen LogP contribution in [0.5, 0.6) is 11.5 Å². The fourth-order valence-electron chi connectivity index (χ4n) is 4.29. The first-order valence-corrected chi connectivity index (χ1v) is 8.41. The maximum Gasteiger partial charge on any atom is 0.282 e. The van der Waals surface area contributed by atoms with Gasteiger partial charge in [-0.25, -0.2) is 5.43 Å². The van der Waals surface area contributed by atoms with Gasteiger partial charge in [-0.2, -0.15) is 5.10 Å². The summed E-state index contributed by atoms with van der Waals surface area (Å²) < 4.78 is 10.4. The summed E-state index contributed by atoms with van der Waals surface area (Å²) in [4.78, 5) is 23.1. The average molecular weight is 345 g/mol. The van der Waals surface area contributed by atoms with Crippen LogP contribution in [0.4, 0.5) is 5.69 Å². The molecule has 0 aromatic heterocycles. The molecular weight excluding hydrogens is 326 g/mol. The van der Waals surface area contributed by atoms with E-state index >= 15 is 0 Å². The topological polar surface area (TPSA) is 103 Å². The van der Waals surface area contributed by atoms with Gasteiger partial charge in [-0.15, -0.1) is 0 Å². The largest absolute Gasteiger partial charge is 0.454 e. The highest BCUT2D eigenvalue weighted by Gasteiger charge is 2.64. The zero-order valence-corrected chi connectivity index (χ0v) is 13.9. The maximum atomic E-state index is 12.4. The first kappa shape index (κ1) is 15.9. The predicted molar refractivity (Wildman–Crippen MR) is 88.5 cm³/mol. The van der Waals surface area contributed by atoms with Gasteiger partial charge in [0.05, 0.1) is 22.8 Å². The van der Waals surface area contributed by atoms with Crippen LogP contribution in [0.3, 0.4) is 0 Å². The van der Waals surface area contributed by atoms with Gasteiger partial charge in [-0.3, -0.25) is 14.9 Å². The van der Waals surface area contributed by atoms with Crippen LogP contribution in [0.1, 0.15) is 38.2 Å². The van der Waals surface area contributed by atoms with Crippen LogP contribution in [0, 0.1) is 27.4 Å². The van der Waals surface area contributed by atoms with E-state index in [4.69, 9.17) is 9.47 Å². The highest BCUT2D eigenvalue weighted by Crippen LogP contribution is 2.66. The minimum absolute atomic E-state index is 0.00103. The average Bonchev–Trinajstić information content (AvgIpc) is 2.95. The molecule has 0 saturated heterocycles. The molecule has 3 unspecified atom stereocenters. The number of nitro groups is 1. The lowest BCUT2D eigenvalue weighted by molar-refractivity contribution is -0.385. The van der Waals surface area contributed by atoms with E-state index in [1.165, 1.54) is 31.2 Å². The van der Waals surface area contributed by atoms with E-state index in [1.54, 1.807) is 0 Å². The van der Waals surface area contributed by atoms with E-state index in [0.717, 1.165) is 12.8 Å². The second-order valence-electron chi connectivity index (χ2n) is 7.09. The summed E-state index contributed by atoms with van der Waals surface area (Å²) in [6.45, 7) is 2.19. The van der Waals surface area contributed by atoms with Crippen molar-refractivity contribution >= 4 is 17.8 Å². The molecule has 1 heterocycles. The third-order valence-electron chi connectivity index (χ3n) is 5.71. The van der Waals surface area contributed by atoms with Crippen molar-refractivity contribution in [2.75, 3.05) is 6.79 Å². The zero-order valence-electron chi connectivity index (χ0n) is 13.9. The fraction of sp³-hybridized carbons (Fsp3) is 0.529. The summed E-state index contributed by atoms with van der Waals surface area (Å²) in [6.07, 6.45) is 5.80. The van der Waals surface area contributed by atoms with Crippen molar-refractivity contribution in [1.29, 1.82) is 0 Å². The minimum Gasteiger partial charge on any atom is -0.454 e. The van der Waals surface area contributed by atoms with Crippen molar-refractivity contribution in [2.45, 2.75) is 32.6 Å². The number of hydrazone groups is 1. The lowest BCUT2D eigenvalue weighted by atomic mass is 9.90. The maximum absolute atomic E-state index is 12.4. The summed E-state index contributed by atoms with van der Waals surface area (Å²) in [5, 5.41) is 15.1. The quantitative estimate of drug-likeness (QED) is 0.513. The van der Waals surface area contributed by atoms with Crippen molar-refractivity contribution in [3.05, 3.63) is 27.8 Å². The number of nitrogens with zero attached hydrogens (tertiary/aromatic N) is 2. The second-order valence-corrected chi connectivity index (χ2v) is 7.09. The molecule has 2 fully saturated rings. The van der Waals surface area contributed by atoms with Gasteiger partial charge in [0.15, 0.2) is 11.5 Å². The van der Waals surface area contributed by atoms with Gasteiger partial charge in [0.2, 0.25) is 12.7 Å². The molecule has 1 N–H and O–H groups in total. The Labute approximate surface area is 144 Å². The number of nitrogens with one attached hydrogen (secondary N) is 1. The molecule has 1 aromatic carbocycles. The van der Waals surface area contributed by atoms with Crippen LogP contribution in [0.2, 0.25) is 0 Å². The van der Waals surface area contributed by atoms with Crippen molar-refractivity contribution < 1.29 is 19.2 Å². The van der Waals surface area contributed by atoms with Gasteiger partial charge in [-0.1, -0.05) is 19.8 Å². The van der Waals surface area contributed by atoms with Crippen molar-refractivity contribution in [2.24, 2.45) is 22.4 Å². The molecule has 1 amide bonds. The van der Waals surface area contributed by atoms with E-state index in [1.807, 2.05) is 0 Å². The Morgan fingerprint density at radius 1 is 1.40 bits per heavy atom. The predicted octanol–water partition coefficient (Wildman–Crippen LogP) is 2.60. The Morgan fingerprint density at radius 2 is 2.16 bits per heavy atom. The first-order chi connectivity index (χ1) is 12.0. The van der Waals surface area contributed by atoms with Crippen molar-refractivity contribution in [3.8, 4) is 11.5 Å². The summed E-state index contributed by atoms with van der Waals surface area (Å²) in [5.41, 5.74) is 2.76. The summed E-state index contributed by atoms with van der Waals surface area (Å²) in [7, 11) is 0. The molecule has 2 saturated carbocycles. The number of benzene rings is 1. The number of carbonyl (C=O) groups excluding carboxylic acids is 1. The SMILES string of the molecule is CC12CCCCC1C2C(=O)N/N=C/c1cc2c(cc1[N+](=O)[O-])OCO2. The molecule has 0 spiro atoms. The first-order valence-electron chi connectivity index (χ1n) is 8.41. The van der Waals surface area contributed by atoms with Crippen LogP contribution in [0.15, 0.2) is 17.2 Å². The molecule has 3 aliphatic rings. The molecule has 8 nitrogen and oxygen atoms in total. The fourth-order valence-corrected chi connectivity index (χ4v) is 4.29. The third-order valence-corrected chi connectivity index (χ3v) is 5.71. The van der Waals surface area contributed by atoms with Crippen molar-refractivity contribution in [1.82, 2.24) is 5.43 Å². The molecule has 132 valence electrons.